The van der Waals surface area contributed by atoms with Crippen molar-refractivity contribution in [3.05, 3.63) is 30.0 Å². The average molecular weight is 277 g/mol. The topological polar surface area (TPSA) is 75.1 Å². The van der Waals surface area contributed by atoms with Crippen molar-refractivity contribution < 1.29 is 9.90 Å². The quantitative estimate of drug-likeness (QED) is 0.823. The van der Waals surface area contributed by atoms with Crippen LogP contribution in [0.15, 0.2) is 24.3 Å². The summed E-state index contributed by atoms with van der Waals surface area (Å²) in [6.07, 6.45) is 1.96. The van der Waals surface area contributed by atoms with E-state index in [9.17, 15) is 9.90 Å². The Morgan fingerprint density at radius 2 is 2.32 bits per heavy atom. The van der Waals surface area contributed by atoms with Crippen molar-refractivity contribution in [1.29, 1.82) is 0 Å². The van der Waals surface area contributed by atoms with Crippen molar-refractivity contribution >= 4 is 17.4 Å². The summed E-state index contributed by atoms with van der Waals surface area (Å²) >= 11 is 1.15. The molecule has 1 amide bonds. The maximum Gasteiger partial charge on any atom is 0.273 e. The Bertz CT molecular complexity index is 569. The van der Waals surface area contributed by atoms with E-state index in [-0.39, 0.29) is 11.7 Å². The van der Waals surface area contributed by atoms with E-state index in [1.807, 2.05) is 6.07 Å². The predicted molar refractivity (Wildman–Crippen MR) is 74.3 cm³/mol. The third-order valence-corrected chi connectivity index (χ3v) is 3.40. The minimum atomic E-state index is -0.222. The van der Waals surface area contributed by atoms with Crippen LogP contribution in [0.5, 0.6) is 5.75 Å². The van der Waals surface area contributed by atoms with Crippen LogP contribution in [0, 0.1) is 0 Å². The van der Waals surface area contributed by atoms with E-state index in [4.69, 9.17) is 0 Å². The molecule has 0 atom stereocenters. The van der Waals surface area contributed by atoms with Gasteiger partial charge in [-0.3, -0.25) is 4.79 Å². The second-order valence-corrected chi connectivity index (χ2v) is 4.86. The number of phenolic OH excluding ortho intramolecular Hbond substituents is 1. The maximum atomic E-state index is 12.0. The van der Waals surface area contributed by atoms with Crippen LogP contribution in [0.2, 0.25) is 0 Å². The van der Waals surface area contributed by atoms with E-state index in [2.05, 4.69) is 21.8 Å². The van der Waals surface area contributed by atoms with Crippen LogP contribution in [0.4, 0.5) is 0 Å². The van der Waals surface area contributed by atoms with E-state index in [0.29, 0.717) is 17.1 Å². The Balaban J connectivity index is 2.20. The number of aromatic nitrogens is 2. The summed E-state index contributed by atoms with van der Waals surface area (Å²) in [6, 6.07) is 6.72. The summed E-state index contributed by atoms with van der Waals surface area (Å²) in [5.74, 6) is -0.0659. The van der Waals surface area contributed by atoms with Crippen molar-refractivity contribution in [1.82, 2.24) is 14.9 Å². The first-order chi connectivity index (χ1) is 9.22. The number of hydrogen-bond donors (Lipinski definition) is 2. The van der Waals surface area contributed by atoms with Crippen LogP contribution < -0.4 is 5.32 Å². The minimum absolute atomic E-state index is 0.156. The number of hydrogen-bond acceptors (Lipinski definition) is 5. The molecule has 0 aliphatic rings. The first-order valence-corrected chi connectivity index (χ1v) is 6.89. The van der Waals surface area contributed by atoms with Crippen LogP contribution >= 0.6 is 11.5 Å². The molecule has 0 spiro atoms. The molecule has 6 heteroatoms. The second kappa shape index (κ2) is 6.29. The average Bonchev–Trinajstić information content (AvgIpc) is 2.88. The monoisotopic (exact) mass is 277 g/mol. The summed E-state index contributed by atoms with van der Waals surface area (Å²) in [6.45, 7) is 2.70. The molecule has 100 valence electrons. The molecule has 0 fully saturated rings. The normalized spacial score (nSPS) is 10.4. The fourth-order valence-corrected chi connectivity index (χ4v) is 2.29. The zero-order valence-corrected chi connectivity index (χ0v) is 11.4. The van der Waals surface area contributed by atoms with Crippen LogP contribution in [-0.2, 0) is 0 Å². The summed E-state index contributed by atoms with van der Waals surface area (Å²) in [5, 5.41) is 16.2. The molecule has 2 rings (SSSR count). The van der Waals surface area contributed by atoms with E-state index in [1.54, 1.807) is 18.2 Å². The number of nitrogens with one attached hydrogen (secondary N) is 1. The van der Waals surface area contributed by atoms with Crippen molar-refractivity contribution in [2.45, 2.75) is 19.8 Å². The Labute approximate surface area is 115 Å². The maximum absolute atomic E-state index is 12.0. The highest BCUT2D eigenvalue weighted by Gasteiger charge is 2.17. The smallest absolute Gasteiger partial charge is 0.273 e. The lowest BCUT2D eigenvalue weighted by Gasteiger charge is -2.04. The van der Waals surface area contributed by atoms with Gasteiger partial charge >= 0.3 is 0 Å². The number of benzene rings is 1. The highest BCUT2D eigenvalue weighted by atomic mass is 32.1. The van der Waals surface area contributed by atoms with E-state index in [1.165, 1.54) is 0 Å². The molecule has 1 heterocycles. The standard InChI is InChI=1S/C13H15N3O2S/c1-2-3-7-14-13(18)11-12(19-16-15-11)9-5-4-6-10(17)8-9/h4-6,8,17H,2-3,7H2,1H3,(H,14,18). The molecule has 19 heavy (non-hydrogen) atoms. The van der Waals surface area contributed by atoms with Gasteiger partial charge in [0.15, 0.2) is 5.69 Å². The van der Waals surface area contributed by atoms with Gasteiger partial charge < -0.3 is 10.4 Å². The number of unbranched alkanes of at least 4 members (excludes halogenated alkanes) is 1. The van der Waals surface area contributed by atoms with Crippen LogP contribution in [0.1, 0.15) is 30.3 Å². The Morgan fingerprint density at radius 1 is 1.47 bits per heavy atom. The summed E-state index contributed by atoms with van der Waals surface area (Å²) in [5.41, 5.74) is 1.06. The first-order valence-electron chi connectivity index (χ1n) is 6.12. The fourth-order valence-electron chi connectivity index (χ4n) is 1.64. The molecule has 0 aliphatic carbocycles. The molecule has 2 N–H and O–H groups in total. The Kier molecular flexibility index (Phi) is 4.46. The zero-order chi connectivity index (χ0) is 13.7. The van der Waals surface area contributed by atoms with Crippen molar-refractivity contribution in [3.63, 3.8) is 0 Å². The van der Waals surface area contributed by atoms with Crippen molar-refractivity contribution in [2.24, 2.45) is 0 Å². The number of aromatic hydroxyl groups is 1. The van der Waals surface area contributed by atoms with E-state index in [0.717, 1.165) is 29.9 Å². The Hall–Kier alpha value is -1.95. The van der Waals surface area contributed by atoms with Crippen molar-refractivity contribution in [3.8, 4) is 16.2 Å². The number of rotatable bonds is 5. The summed E-state index contributed by atoms with van der Waals surface area (Å²) in [7, 11) is 0. The number of nitrogens with zero attached hydrogens (tertiary/aromatic N) is 2. The third-order valence-electron chi connectivity index (χ3n) is 2.63. The molecule has 0 radical (unpaired) electrons. The van der Waals surface area contributed by atoms with Crippen LogP contribution in [-0.4, -0.2) is 27.1 Å². The molecular formula is C13H15N3O2S. The largest absolute Gasteiger partial charge is 0.508 e. The first kappa shape index (κ1) is 13.5. The Morgan fingerprint density at radius 3 is 3.05 bits per heavy atom. The minimum Gasteiger partial charge on any atom is -0.508 e. The molecule has 0 unspecified atom stereocenters. The van der Waals surface area contributed by atoms with Gasteiger partial charge in [-0.2, -0.15) is 0 Å². The van der Waals surface area contributed by atoms with Crippen LogP contribution in [0.3, 0.4) is 0 Å². The predicted octanol–water partition coefficient (Wildman–Crippen LogP) is 2.44. The van der Waals surface area contributed by atoms with Gasteiger partial charge in [-0.25, -0.2) is 0 Å². The van der Waals surface area contributed by atoms with Gasteiger partial charge in [0.1, 0.15) is 5.75 Å². The molecule has 5 nitrogen and oxygen atoms in total. The zero-order valence-electron chi connectivity index (χ0n) is 10.6. The number of amides is 1. The van der Waals surface area contributed by atoms with Crippen molar-refractivity contribution in [2.75, 3.05) is 6.54 Å². The molecule has 0 bridgehead atoms. The van der Waals surface area contributed by atoms with E-state index >= 15 is 0 Å². The summed E-state index contributed by atoms with van der Waals surface area (Å²) < 4.78 is 3.83. The summed E-state index contributed by atoms with van der Waals surface area (Å²) in [4.78, 5) is 12.7. The van der Waals surface area contributed by atoms with Gasteiger partial charge in [0, 0.05) is 6.54 Å². The molecule has 0 saturated heterocycles. The lowest BCUT2D eigenvalue weighted by Crippen LogP contribution is -2.25. The van der Waals surface area contributed by atoms with Gasteiger partial charge in [-0.15, -0.1) is 5.10 Å². The third kappa shape index (κ3) is 3.29. The van der Waals surface area contributed by atoms with Gasteiger partial charge in [-0.1, -0.05) is 30.0 Å². The number of phenols is 1. The van der Waals surface area contributed by atoms with Gasteiger partial charge in [0.2, 0.25) is 0 Å². The number of carbonyl (C=O) groups excluding carboxylic acids is 1. The highest BCUT2D eigenvalue weighted by molar-refractivity contribution is 7.09. The second-order valence-electron chi connectivity index (χ2n) is 4.11. The molecule has 0 aliphatic heterocycles. The molecule has 0 saturated carbocycles. The van der Waals surface area contributed by atoms with Gasteiger partial charge in [-0.05, 0) is 35.6 Å². The molecular weight excluding hydrogens is 262 g/mol. The highest BCUT2D eigenvalue weighted by Crippen LogP contribution is 2.28. The SMILES string of the molecule is CCCCNC(=O)c1nnsc1-c1cccc(O)c1. The van der Waals surface area contributed by atoms with Gasteiger partial charge in [0.25, 0.3) is 5.91 Å². The number of carbonyl (C=O) groups is 1. The fraction of sp³-hybridized carbons (Fsp3) is 0.308. The van der Waals surface area contributed by atoms with Crippen LogP contribution in [0.25, 0.3) is 10.4 Å². The lowest BCUT2D eigenvalue weighted by molar-refractivity contribution is 0.0949. The molecule has 1 aromatic carbocycles. The van der Waals surface area contributed by atoms with Gasteiger partial charge in [0.05, 0.1) is 4.88 Å². The van der Waals surface area contributed by atoms with E-state index < -0.39 is 0 Å². The molecule has 1 aromatic heterocycles. The lowest BCUT2D eigenvalue weighted by atomic mass is 10.1. The molecule has 2 aromatic rings.